The monoisotopic (exact) mass is 308 g/mol. The molecule has 6 heteroatoms. The summed E-state index contributed by atoms with van der Waals surface area (Å²) in [6.07, 6.45) is 0. The van der Waals surface area contributed by atoms with Crippen molar-refractivity contribution in [2.75, 3.05) is 7.11 Å². The van der Waals surface area contributed by atoms with Crippen molar-refractivity contribution in [3.8, 4) is 11.1 Å². The molecule has 1 N–H and O–H groups in total. The molecule has 2 aromatic carbocycles. The van der Waals surface area contributed by atoms with Gasteiger partial charge in [0.1, 0.15) is 5.82 Å². The number of halogens is 2. The van der Waals surface area contributed by atoms with Crippen LogP contribution in [-0.4, -0.2) is 24.2 Å². The van der Waals surface area contributed by atoms with Crippen LogP contribution in [0.25, 0.3) is 11.1 Å². The number of aromatic carboxylic acids is 1. The second-order valence-corrected chi connectivity index (χ2v) is 4.56. The maximum atomic E-state index is 13.6. The molecule has 2 rings (SSSR count). The van der Waals surface area contributed by atoms with Crippen molar-refractivity contribution in [1.29, 1.82) is 0 Å². The highest BCUT2D eigenvalue weighted by Gasteiger charge is 2.18. The molecule has 108 valence electrons. The van der Waals surface area contributed by atoms with E-state index in [1.807, 2.05) is 0 Å². The third-order valence-electron chi connectivity index (χ3n) is 2.91. The van der Waals surface area contributed by atoms with Gasteiger partial charge in [-0.05, 0) is 29.3 Å². The number of hydrogen-bond acceptors (Lipinski definition) is 3. The number of ether oxygens (including phenoxy) is 1. The third kappa shape index (κ3) is 2.87. The first-order valence-corrected chi connectivity index (χ1v) is 6.23. The number of esters is 1. The molecule has 0 amide bonds. The van der Waals surface area contributed by atoms with E-state index in [-0.39, 0.29) is 16.1 Å². The molecule has 0 saturated carbocycles. The Morgan fingerprint density at radius 1 is 1.24 bits per heavy atom. The molecule has 0 saturated heterocycles. The fourth-order valence-electron chi connectivity index (χ4n) is 1.94. The first-order chi connectivity index (χ1) is 9.95. The number of carboxylic acids is 1. The first kappa shape index (κ1) is 15.0. The maximum absolute atomic E-state index is 13.6. The highest BCUT2D eigenvalue weighted by atomic mass is 35.5. The van der Waals surface area contributed by atoms with E-state index in [0.29, 0.717) is 11.1 Å². The fourth-order valence-corrected chi connectivity index (χ4v) is 2.20. The lowest BCUT2D eigenvalue weighted by molar-refractivity contribution is 0.0594. The molecule has 0 fully saturated rings. The molecule has 21 heavy (non-hydrogen) atoms. The number of methoxy groups -OCH3 is 1. The molecule has 0 unspecified atom stereocenters. The smallest absolute Gasteiger partial charge is 0.340 e. The Labute approximate surface area is 124 Å². The Morgan fingerprint density at radius 3 is 2.57 bits per heavy atom. The summed E-state index contributed by atoms with van der Waals surface area (Å²) in [5.74, 6) is -2.79. The summed E-state index contributed by atoms with van der Waals surface area (Å²) in [7, 11) is 1.14. The van der Waals surface area contributed by atoms with Crippen LogP contribution < -0.4 is 0 Å². The fraction of sp³-hybridized carbons (Fsp3) is 0.0667. The lowest BCUT2D eigenvalue weighted by Crippen LogP contribution is -2.06. The Kier molecular flexibility index (Phi) is 4.23. The summed E-state index contributed by atoms with van der Waals surface area (Å²) in [5.41, 5.74) is 0.268. The van der Waals surface area contributed by atoms with Crippen LogP contribution in [0.15, 0.2) is 36.4 Å². The van der Waals surface area contributed by atoms with Crippen LogP contribution >= 0.6 is 11.6 Å². The van der Waals surface area contributed by atoms with Crippen LogP contribution in [0.3, 0.4) is 0 Å². The molecule has 0 bridgehead atoms. The van der Waals surface area contributed by atoms with Crippen LogP contribution in [0.5, 0.6) is 0 Å². The number of rotatable bonds is 3. The molecule has 0 aliphatic rings. The van der Waals surface area contributed by atoms with Gasteiger partial charge in [-0.25, -0.2) is 14.0 Å². The number of benzene rings is 2. The van der Waals surface area contributed by atoms with E-state index >= 15 is 0 Å². The number of carbonyl (C=O) groups excluding carboxylic acids is 1. The van der Waals surface area contributed by atoms with Crippen molar-refractivity contribution in [3.05, 3.63) is 58.4 Å². The average molecular weight is 309 g/mol. The summed E-state index contributed by atoms with van der Waals surface area (Å²) in [6, 6.07) is 8.24. The van der Waals surface area contributed by atoms with Crippen LogP contribution in [0.2, 0.25) is 5.02 Å². The molecular formula is C15H10ClFO4. The molecular weight excluding hydrogens is 299 g/mol. The van der Waals surface area contributed by atoms with E-state index in [1.165, 1.54) is 24.3 Å². The number of carboxylic acid groups (broad SMARTS) is 1. The number of hydrogen-bond donors (Lipinski definition) is 1. The van der Waals surface area contributed by atoms with Crippen molar-refractivity contribution in [2.24, 2.45) is 0 Å². The molecule has 0 atom stereocenters. The largest absolute Gasteiger partial charge is 0.478 e. The quantitative estimate of drug-likeness (QED) is 0.879. The van der Waals surface area contributed by atoms with Gasteiger partial charge < -0.3 is 9.84 Å². The van der Waals surface area contributed by atoms with Crippen molar-refractivity contribution in [2.45, 2.75) is 0 Å². The standard InChI is InChI=1S/C15H10ClFO4/c1-21-15(20)10-7-8(5-6-12(10)17)9-3-2-4-11(16)13(9)14(18)19/h2-7H,1H3,(H,18,19). The zero-order valence-corrected chi connectivity index (χ0v) is 11.6. The third-order valence-corrected chi connectivity index (χ3v) is 3.23. The molecule has 0 aliphatic heterocycles. The van der Waals surface area contributed by atoms with Crippen LogP contribution in [0, 0.1) is 5.82 Å². The lowest BCUT2D eigenvalue weighted by atomic mass is 9.98. The van der Waals surface area contributed by atoms with E-state index in [2.05, 4.69) is 4.74 Å². The molecule has 0 radical (unpaired) electrons. The van der Waals surface area contributed by atoms with E-state index < -0.39 is 17.8 Å². The van der Waals surface area contributed by atoms with E-state index in [0.717, 1.165) is 13.2 Å². The van der Waals surface area contributed by atoms with E-state index in [9.17, 15) is 19.1 Å². The Balaban J connectivity index is 2.66. The summed E-state index contributed by atoms with van der Waals surface area (Å²) in [5, 5.41) is 9.30. The van der Waals surface area contributed by atoms with Crippen molar-refractivity contribution in [1.82, 2.24) is 0 Å². The molecule has 0 spiro atoms. The second-order valence-electron chi connectivity index (χ2n) is 4.15. The predicted octanol–water partition coefficient (Wildman–Crippen LogP) is 3.63. The summed E-state index contributed by atoms with van der Waals surface area (Å²) in [6.45, 7) is 0. The van der Waals surface area contributed by atoms with Crippen LogP contribution in [0.4, 0.5) is 4.39 Å². The summed E-state index contributed by atoms with van der Waals surface area (Å²) in [4.78, 5) is 22.8. The Morgan fingerprint density at radius 2 is 1.95 bits per heavy atom. The zero-order chi connectivity index (χ0) is 15.6. The molecule has 0 aromatic heterocycles. The molecule has 4 nitrogen and oxygen atoms in total. The van der Waals surface area contributed by atoms with E-state index in [1.54, 1.807) is 6.07 Å². The molecule has 0 aliphatic carbocycles. The van der Waals surface area contributed by atoms with Gasteiger partial charge in [0.15, 0.2) is 0 Å². The normalized spacial score (nSPS) is 10.2. The van der Waals surface area contributed by atoms with Crippen LogP contribution in [-0.2, 0) is 4.74 Å². The van der Waals surface area contributed by atoms with Gasteiger partial charge in [-0.3, -0.25) is 0 Å². The Bertz CT molecular complexity index is 728. The highest BCUT2D eigenvalue weighted by Crippen LogP contribution is 2.30. The van der Waals surface area contributed by atoms with Gasteiger partial charge in [0, 0.05) is 0 Å². The van der Waals surface area contributed by atoms with Gasteiger partial charge in [0.2, 0.25) is 0 Å². The topological polar surface area (TPSA) is 63.6 Å². The average Bonchev–Trinajstić information content (AvgIpc) is 2.46. The van der Waals surface area contributed by atoms with Gasteiger partial charge in [-0.2, -0.15) is 0 Å². The predicted molar refractivity (Wildman–Crippen MR) is 75.1 cm³/mol. The summed E-state index contributed by atoms with van der Waals surface area (Å²) >= 11 is 5.89. The van der Waals surface area contributed by atoms with Gasteiger partial charge in [-0.1, -0.05) is 29.8 Å². The Hall–Kier alpha value is -2.40. The van der Waals surface area contributed by atoms with Crippen molar-refractivity contribution >= 4 is 23.5 Å². The second kappa shape index (κ2) is 5.93. The minimum Gasteiger partial charge on any atom is -0.478 e. The van der Waals surface area contributed by atoms with Gasteiger partial charge in [-0.15, -0.1) is 0 Å². The molecule has 0 heterocycles. The van der Waals surface area contributed by atoms with Crippen molar-refractivity contribution < 1.29 is 23.8 Å². The minimum absolute atomic E-state index is 0.0592. The minimum atomic E-state index is -1.21. The van der Waals surface area contributed by atoms with Gasteiger partial charge >= 0.3 is 11.9 Å². The van der Waals surface area contributed by atoms with Crippen LogP contribution in [0.1, 0.15) is 20.7 Å². The highest BCUT2D eigenvalue weighted by molar-refractivity contribution is 6.34. The summed E-state index contributed by atoms with van der Waals surface area (Å²) < 4.78 is 18.1. The van der Waals surface area contributed by atoms with E-state index in [4.69, 9.17) is 11.6 Å². The first-order valence-electron chi connectivity index (χ1n) is 5.85. The van der Waals surface area contributed by atoms with Crippen molar-refractivity contribution in [3.63, 3.8) is 0 Å². The number of carbonyl (C=O) groups is 2. The zero-order valence-electron chi connectivity index (χ0n) is 10.9. The maximum Gasteiger partial charge on any atom is 0.340 e. The molecule has 2 aromatic rings. The lowest BCUT2D eigenvalue weighted by Gasteiger charge is -2.10. The van der Waals surface area contributed by atoms with Gasteiger partial charge in [0.05, 0.1) is 23.3 Å². The SMILES string of the molecule is COC(=O)c1cc(-c2cccc(Cl)c2C(=O)O)ccc1F. The van der Waals surface area contributed by atoms with Gasteiger partial charge in [0.25, 0.3) is 0 Å².